The number of aromatic hydroxyl groups is 1. The van der Waals surface area contributed by atoms with E-state index in [0.29, 0.717) is 16.8 Å². The lowest BCUT2D eigenvalue weighted by Crippen LogP contribution is -2.49. The molecule has 0 bridgehead atoms. The fourth-order valence-corrected chi connectivity index (χ4v) is 8.45. The van der Waals surface area contributed by atoms with Gasteiger partial charge in [0.25, 0.3) is 0 Å². The van der Waals surface area contributed by atoms with E-state index in [4.69, 9.17) is 0 Å². The van der Waals surface area contributed by atoms with Gasteiger partial charge in [0.2, 0.25) is 23.6 Å². The van der Waals surface area contributed by atoms with Crippen LogP contribution in [0.15, 0.2) is 78.4 Å². The number of imide groups is 2. The molecule has 3 aromatic carbocycles. The Balaban J connectivity index is 1.37. The summed E-state index contributed by atoms with van der Waals surface area (Å²) in [5.41, 5.74) is 2.65. The van der Waals surface area contributed by atoms with E-state index in [0.717, 1.165) is 16.0 Å². The predicted octanol–water partition coefficient (Wildman–Crippen LogP) is 3.12. The van der Waals surface area contributed by atoms with Gasteiger partial charge < -0.3 is 15.2 Å². The van der Waals surface area contributed by atoms with Gasteiger partial charge in [-0.15, -0.1) is 0 Å². The third kappa shape index (κ3) is 4.08. The average molecular weight is 604 g/mol. The van der Waals surface area contributed by atoms with Crippen molar-refractivity contribution in [3.63, 3.8) is 0 Å². The van der Waals surface area contributed by atoms with Gasteiger partial charge in [-0.1, -0.05) is 54.1 Å². The fourth-order valence-electron chi connectivity index (χ4n) is 8.45. The number of amides is 4. The van der Waals surface area contributed by atoms with Crippen molar-refractivity contribution < 1.29 is 34.3 Å². The van der Waals surface area contributed by atoms with Gasteiger partial charge in [-0.2, -0.15) is 0 Å². The Kier molecular flexibility index (Phi) is 6.65. The molecule has 10 heteroatoms. The van der Waals surface area contributed by atoms with Crippen molar-refractivity contribution in [2.24, 2.45) is 29.1 Å². The molecular weight excluding hydrogens is 571 g/mol. The zero-order valence-corrected chi connectivity index (χ0v) is 25.2. The number of allylic oxidation sites excluding steroid dienone is 2. The highest BCUT2D eigenvalue weighted by Crippen LogP contribution is 2.64. The minimum absolute atomic E-state index is 0.157. The van der Waals surface area contributed by atoms with E-state index in [9.17, 15) is 34.3 Å². The molecule has 6 atom stereocenters. The van der Waals surface area contributed by atoms with Gasteiger partial charge in [-0.3, -0.25) is 24.1 Å². The molecule has 4 aliphatic rings. The quantitative estimate of drug-likeness (QED) is 0.237. The highest BCUT2D eigenvalue weighted by atomic mass is 16.4. The van der Waals surface area contributed by atoms with Crippen molar-refractivity contribution in [1.29, 1.82) is 0 Å². The van der Waals surface area contributed by atoms with Crippen molar-refractivity contribution in [3.8, 4) is 5.75 Å². The van der Waals surface area contributed by atoms with Gasteiger partial charge in [-0.05, 0) is 85.9 Å². The number of nitrogens with zero attached hydrogens (tertiary/aromatic N) is 2. The van der Waals surface area contributed by atoms with E-state index >= 15 is 0 Å². The van der Waals surface area contributed by atoms with E-state index in [2.05, 4.69) is 0 Å². The number of phenolic OH excluding ortho intramolecular Hbond substituents is 1. The number of carbonyl (C=O) groups excluding carboxylic acids is 4. The highest BCUT2D eigenvalue weighted by molar-refractivity contribution is 6.58. The van der Waals surface area contributed by atoms with E-state index in [-0.39, 0.29) is 47.5 Å². The molecule has 3 fully saturated rings. The molecule has 9 nitrogen and oxygen atoms in total. The number of rotatable bonds is 4. The van der Waals surface area contributed by atoms with Crippen LogP contribution in [-0.4, -0.2) is 45.9 Å². The number of phenols is 1. The van der Waals surface area contributed by atoms with Crippen LogP contribution >= 0.6 is 0 Å². The SMILES string of the molecule is Cc1cc(C2C3=CCC4C(=O)N(c5cccc(B(O)O)c5)C(=O)C4C3CC3C(=O)N(c4ccccc4)C(=O)C32C)cc(C)c1O. The molecule has 2 saturated heterocycles. The minimum atomic E-state index is -1.76. The monoisotopic (exact) mass is 604 g/mol. The summed E-state index contributed by atoms with van der Waals surface area (Å²) in [6, 6.07) is 18.6. The first kappa shape index (κ1) is 29.2. The van der Waals surface area contributed by atoms with Crippen LogP contribution < -0.4 is 15.3 Å². The van der Waals surface area contributed by atoms with E-state index < -0.39 is 48.0 Å². The number of hydrogen-bond donors (Lipinski definition) is 3. The topological polar surface area (TPSA) is 135 Å². The van der Waals surface area contributed by atoms with Crippen molar-refractivity contribution in [2.75, 3.05) is 9.80 Å². The molecule has 1 saturated carbocycles. The number of aryl methyl sites for hydroxylation is 2. The number of para-hydroxylation sites is 1. The Morgan fingerprint density at radius 3 is 2.13 bits per heavy atom. The van der Waals surface area contributed by atoms with Crippen LogP contribution in [0.4, 0.5) is 11.4 Å². The largest absolute Gasteiger partial charge is 0.507 e. The zero-order chi connectivity index (χ0) is 31.9. The molecule has 3 N–H and O–H groups in total. The van der Waals surface area contributed by atoms with Gasteiger partial charge in [0.1, 0.15) is 5.75 Å². The van der Waals surface area contributed by atoms with Crippen molar-refractivity contribution in [2.45, 2.75) is 39.5 Å². The molecule has 4 amide bonds. The lowest BCUT2D eigenvalue weighted by Gasteiger charge is -2.49. The number of carbonyl (C=O) groups is 4. The zero-order valence-electron chi connectivity index (χ0n) is 25.2. The van der Waals surface area contributed by atoms with Crippen LogP contribution in [0.1, 0.15) is 42.4 Å². The number of benzene rings is 3. The van der Waals surface area contributed by atoms with Gasteiger partial charge in [0, 0.05) is 5.92 Å². The highest BCUT2D eigenvalue weighted by Gasteiger charge is 2.67. The minimum Gasteiger partial charge on any atom is -0.507 e. The first-order valence-corrected chi connectivity index (χ1v) is 15.2. The van der Waals surface area contributed by atoms with Crippen LogP contribution in [-0.2, 0) is 19.2 Å². The number of hydrogen-bond acceptors (Lipinski definition) is 7. The fraction of sp³-hybridized carbons (Fsp3) is 0.314. The van der Waals surface area contributed by atoms with Crippen LogP contribution in [0, 0.1) is 42.9 Å². The molecule has 228 valence electrons. The first-order valence-electron chi connectivity index (χ1n) is 15.2. The third-order valence-electron chi connectivity index (χ3n) is 10.6. The Labute approximate surface area is 260 Å². The Morgan fingerprint density at radius 2 is 1.47 bits per heavy atom. The molecule has 6 unspecified atom stereocenters. The molecule has 3 aromatic rings. The summed E-state index contributed by atoms with van der Waals surface area (Å²) in [4.78, 5) is 59.2. The maximum atomic E-state index is 14.5. The summed E-state index contributed by atoms with van der Waals surface area (Å²) in [5.74, 6) is -4.47. The summed E-state index contributed by atoms with van der Waals surface area (Å²) in [6.45, 7) is 5.43. The molecule has 7 rings (SSSR count). The van der Waals surface area contributed by atoms with Crippen LogP contribution in [0.5, 0.6) is 5.75 Å². The van der Waals surface area contributed by atoms with Gasteiger partial charge in [0.05, 0.1) is 34.5 Å². The van der Waals surface area contributed by atoms with Crippen molar-refractivity contribution in [1.82, 2.24) is 0 Å². The summed E-state index contributed by atoms with van der Waals surface area (Å²) in [7, 11) is -1.76. The predicted molar refractivity (Wildman–Crippen MR) is 167 cm³/mol. The van der Waals surface area contributed by atoms with E-state index in [1.54, 1.807) is 50.2 Å². The van der Waals surface area contributed by atoms with Gasteiger partial charge in [-0.25, -0.2) is 4.90 Å². The summed E-state index contributed by atoms with van der Waals surface area (Å²) in [5, 5.41) is 30.0. The number of fused-ring (bicyclic) bond motifs is 4. The molecule has 0 aromatic heterocycles. The van der Waals surface area contributed by atoms with Crippen LogP contribution in [0.25, 0.3) is 0 Å². The molecule has 2 heterocycles. The molecule has 0 spiro atoms. The Morgan fingerprint density at radius 1 is 0.800 bits per heavy atom. The summed E-state index contributed by atoms with van der Waals surface area (Å²) < 4.78 is 0. The second-order valence-electron chi connectivity index (χ2n) is 13.0. The standard InChI is InChI=1S/C35H33BN2O7/c1-18-14-20(15-19(2)30(18)39)29-24-12-13-25-28(33(42)37(31(25)40)23-11-7-8-21(16-23)36(44)45)26(24)17-27-32(41)38(34(43)35(27,29)3)22-9-5-4-6-10-22/h4-12,14-16,25-29,39,44-45H,13,17H2,1-3H3. The molecule has 45 heavy (non-hydrogen) atoms. The van der Waals surface area contributed by atoms with E-state index in [1.165, 1.54) is 17.0 Å². The second-order valence-corrected chi connectivity index (χ2v) is 13.0. The second kappa shape index (κ2) is 10.3. The third-order valence-corrected chi connectivity index (χ3v) is 10.6. The molecule has 2 aliphatic heterocycles. The van der Waals surface area contributed by atoms with Gasteiger partial charge in [0.15, 0.2) is 0 Å². The number of anilines is 2. The maximum Gasteiger partial charge on any atom is 0.488 e. The lowest BCUT2D eigenvalue weighted by atomic mass is 9.51. The molecule has 0 radical (unpaired) electrons. The molecule has 2 aliphatic carbocycles. The summed E-state index contributed by atoms with van der Waals surface area (Å²) in [6.07, 6.45) is 2.50. The summed E-state index contributed by atoms with van der Waals surface area (Å²) >= 11 is 0. The van der Waals surface area contributed by atoms with Crippen LogP contribution in [0.3, 0.4) is 0 Å². The van der Waals surface area contributed by atoms with Crippen molar-refractivity contribution in [3.05, 3.63) is 95.1 Å². The Hall–Kier alpha value is -4.54. The average Bonchev–Trinajstić information content (AvgIpc) is 3.39. The normalized spacial score (nSPS) is 29.0. The van der Waals surface area contributed by atoms with Crippen molar-refractivity contribution >= 4 is 47.6 Å². The molecular formula is C35H33BN2O7. The first-order chi connectivity index (χ1) is 21.4. The van der Waals surface area contributed by atoms with E-state index in [1.807, 2.05) is 31.2 Å². The maximum absolute atomic E-state index is 14.5. The lowest BCUT2D eigenvalue weighted by molar-refractivity contribution is -0.131. The smallest absolute Gasteiger partial charge is 0.488 e. The Bertz CT molecular complexity index is 1800. The van der Waals surface area contributed by atoms with Gasteiger partial charge >= 0.3 is 7.12 Å². The van der Waals surface area contributed by atoms with Crippen LogP contribution in [0.2, 0.25) is 0 Å².